The SMILES string of the molecule is C=C(Cl)CNC(=O)C(C)(C)S(C)(=O)=O. The zero-order chi connectivity index (χ0) is 11.6. The topological polar surface area (TPSA) is 63.2 Å². The molecule has 0 rings (SSSR count). The Morgan fingerprint density at radius 1 is 1.50 bits per heavy atom. The lowest BCUT2D eigenvalue weighted by molar-refractivity contribution is -0.122. The Hall–Kier alpha value is -0.550. The van der Waals surface area contributed by atoms with Gasteiger partial charge in [0.1, 0.15) is 4.75 Å². The van der Waals surface area contributed by atoms with Crippen molar-refractivity contribution >= 4 is 27.3 Å². The lowest BCUT2D eigenvalue weighted by Gasteiger charge is -2.21. The maximum absolute atomic E-state index is 11.4. The van der Waals surface area contributed by atoms with E-state index in [0.29, 0.717) is 0 Å². The molecule has 0 aliphatic rings. The molecule has 0 aromatic heterocycles. The summed E-state index contributed by atoms with van der Waals surface area (Å²) in [5, 5.41) is 2.63. The molecule has 6 heteroatoms. The Balaban J connectivity index is 4.62. The van der Waals surface area contributed by atoms with Crippen molar-refractivity contribution in [2.75, 3.05) is 12.8 Å². The number of carbonyl (C=O) groups is 1. The number of rotatable bonds is 4. The Kier molecular flexibility index (Phi) is 4.15. The van der Waals surface area contributed by atoms with Gasteiger partial charge in [-0.15, -0.1) is 0 Å². The fourth-order valence-electron chi connectivity index (χ4n) is 0.557. The summed E-state index contributed by atoms with van der Waals surface area (Å²) in [5.74, 6) is -0.582. The molecule has 0 saturated heterocycles. The highest BCUT2D eigenvalue weighted by atomic mass is 35.5. The Labute approximate surface area is 89.2 Å². The number of sulfone groups is 1. The van der Waals surface area contributed by atoms with Crippen LogP contribution in [0.4, 0.5) is 0 Å². The molecule has 82 valence electrons. The summed E-state index contributed by atoms with van der Waals surface area (Å²) in [7, 11) is -3.43. The first-order chi connectivity index (χ1) is 6.09. The maximum atomic E-state index is 11.4. The second-order valence-electron chi connectivity index (χ2n) is 3.48. The number of hydrogen-bond donors (Lipinski definition) is 1. The third kappa shape index (κ3) is 3.31. The minimum Gasteiger partial charge on any atom is -0.350 e. The summed E-state index contributed by atoms with van der Waals surface area (Å²) < 4.78 is 21.0. The molecule has 1 amide bonds. The number of nitrogens with one attached hydrogen (secondary N) is 1. The molecule has 4 nitrogen and oxygen atoms in total. The van der Waals surface area contributed by atoms with Gasteiger partial charge >= 0.3 is 0 Å². The standard InChI is InChI=1S/C8H14ClNO3S/c1-6(9)5-10-7(11)8(2,3)14(4,12)13/h1,5H2,2-4H3,(H,10,11). The third-order valence-corrected chi connectivity index (χ3v) is 4.09. The number of amides is 1. The van der Waals surface area contributed by atoms with E-state index >= 15 is 0 Å². The van der Waals surface area contributed by atoms with E-state index in [2.05, 4.69) is 11.9 Å². The molecule has 0 radical (unpaired) electrons. The van der Waals surface area contributed by atoms with Crippen molar-refractivity contribution in [3.63, 3.8) is 0 Å². The molecule has 0 aromatic carbocycles. The van der Waals surface area contributed by atoms with Crippen LogP contribution in [-0.4, -0.2) is 31.9 Å². The predicted molar refractivity (Wildman–Crippen MR) is 56.9 cm³/mol. The first kappa shape index (κ1) is 13.4. The molecule has 0 spiro atoms. The predicted octanol–water partition coefficient (Wildman–Crippen LogP) is 0.678. The van der Waals surface area contributed by atoms with Gasteiger partial charge in [0.15, 0.2) is 9.84 Å². The van der Waals surface area contributed by atoms with Gasteiger partial charge in [0.05, 0.1) is 6.54 Å². The van der Waals surface area contributed by atoms with Crippen molar-refractivity contribution in [3.8, 4) is 0 Å². The molecule has 0 fully saturated rings. The molecule has 0 aromatic rings. The summed E-state index contributed by atoms with van der Waals surface area (Å²) in [6.45, 7) is 6.13. The first-order valence-electron chi connectivity index (χ1n) is 3.90. The van der Waals surface area contributed by atoms with Crippen molar-refractivity contribution in [2.45, 2.75) is 18.6 Å². The van der Waals surface area contributed by atoms with E-state index in [1.807, 2.05) is 0 Å². The lowest BCUT2D eigenvalue weighted by atomic mass is 10.2. The molecular formula is C8H14ClNO3S. The van der Waals surface area contributed by atoms with Crippen molar-refractivity contribution in [3.05, 3.63) is 11.6 Å². The van der Waals surface area contributed by atoms with Crippen molar-refractivity contribution in [1.82, 2.24) is 5.32 Å². The first-order valence-corrected chi connectivity index (χ1v) is 6.17. The van der Waals surface area contributed by atoms with Crippen LogP contribution in [0, 0.1) is 0 Å². The molecule has 14 heavy (non-hydrogen) atoms. The minimum absolute atomic E-state index is 0.0688. The van der Waals surface area contributed by atoms with Crippen LogP contribution in [0.3, 0.4) is 0 Å². The molecule has 0 aliphatic carbocycles. The Morgan fingerprint density at radius 2 is 1.93 bits per heavy atom. The molecule has 0 aliphatic heterocycles. The summed E-state index contributed by atoms with van der Waals surface area (Å²) >= 11 is 5.43. The Bertz CT molecular complexity index is 346. The fourth-order valence-corrected chi connectivity index (χ4v) is 1.03. The van der Waals surface area contributed by atoms with Crippen LogP contribution in [0.25, 0.3) is 0 Å². The average Bonchev–Trinajstić information content (AvgIpc) is 1.97. The van der Waals surface area contributed by atoms with E-state index in [-0.39, 0.29) is 11.6 Å². The Morgan fingerprint density at radius 3 is 2.21 bits per heavy atom. The molecule has 0 bridgehead atoms. The van der Waals surface area contributed by atoms with E-state index in [4.69, 9.17) is 11.6 Å². The average molecular weight is 240 g/mol. The number of carbonyl (C=O) groups excluding carboxylic acids is 1. The van der Waals surface area contributed by atoms with Gasteiger partial charge in [0.2, 0.25) is 5.91 Å². The van der Waals surface area contributed by atoms with Gasteiger partial charge in [-0.1, -0.05) is 18.2 Å². The van der Waals surface area contributed by atoms with E-state index in [0.717, 1.165) is 6.26 Å². The third-order valence-electron chi connectivity index (χ3n) is 1.91. The minimum atomic E-state index is -3.43. The summed E-state index contributed by atoms with van der Waals surface area (Å²) in [6, 6.07) is 0. The van der Waals surface area contributed by atoms with Crippen molar-refractivity contribution < 1.29 is 13.2 Å². The maximum Gasteiger partial charge on any atom is 0.241 e. The van der Waals surface area contributed by atoms with E-state index < -0.39 is 20.5 Å². The zero-order valence-corrected chi connectivity index (χ0v) is 10.00. The highest BCUT2D eigenvalue weighted by Gasteiger charge is 2.38. The zero-order valence-electron chi connectivity index (χ0n) is 8.43. The van der Waals surface area contributed by atoms with Crippen molar-refractivity contribution in [1.29, 1.82) is 0 Å². The van der Waals surface area contributed by atoms with E-state index in [9.17, 15) is 13.2 Å². The van der Waals surface area contributed by atoms with Gasteiger partial charge in [0, 0.05) is 11.3 Å². The fraction of sp³-hybridized carbons (Fsp3) is 0.625. The molecule has 0 unspecified atom stereocenters. The second-order valence-corrected chi connectivity index (χ2v) is 6.58. The monoisotopic (exact) mass is 239 g/mol. The van der Waals surface area contributed by atoms with Gasteiger partial charge in [-0.05, 0) is 13.8 Å². The van der Waals surface area contributed by atoms with E-state index in [1.165, 1.54) is 13.8 Å². The van der Waals surface area contributed by atoms with Gasteiger partial charge < -0.3 is 5.32 Å². The molecule has 0 heterocycles. The molecular weight excluding hydrogens is 226 g/mol. The van der Waals surface area contributed by atoms with Crippen LogP contribution in [0.15, 0.2) is 11.6 Å². The van der Waals surface area contributed by atoms with Crippen LogP contribution in [0.5, 0.6) is 0 Å². The van der Waals surface area contributed by atoms with Crippen LogP contribution in [-0.2, 0) is 14.6 Å². The highest BCUT2D eigenvalue weighted by Crippen LogP contribution is 2.15. The summed E-state index contributed by atoms with van der Waals surface area (Å²) in [4.78, 5) is 11.4. The van der Waals surface area contributed by atoms with Gasteiger partial charge in [-0.25, -0.2) is 8.42 Å². The van der Waals surface area contributed by atoms with Gasteiger partial charge in [-0.3, -0.25) is 4.79 Å². The highest BCUT2D eigenvalue weighted by molar-refractivity contribution is 7.92. The van der Waals surface area contributed by atoms with Gasteiger partial charge in [-0.2, -0.15) is 0 Å². The van der Waals surface area contributed by atoms with Crippen LogP contribution < -0.4 is 5.32 Å². The van der Waals surface area contributed by atoms with Gasteiger partial charge in [0.25, 0.3) is 0 Å². The van der Waals surface area contributed by atoms with Crippen LogP contribution in [0.2, 0.25) is 0 Å². The summed E-state index contributed by atoms with van der Waals surface area (Å²) in [6.07, 6.45) is 1.02. The van der Waals surface area contributed by atoms with Crippen LogP contribution >= 0.6 is 11.6 Å². The van der Waals surface area contributed by atoms with Crippen molar-refractivity contribution in [2.24, 2.45) is 0 Å². The normalized spacial score (nSPS) is 12.3. The number of hydrogen-bond acceptors (Lipinski definition) is 3. The molecule has 0 atom stereocenters. The molecule has 1 N–H and O–H groups in total. The van der Waals surface area contributed by atoms with Crippen LogP contribution in [0.1, 0.15) is 13.8 Å². The number of halogens is 1. The smallest absolute Gasteiger partial charge is 0.241 e. The molecule has 0 saturated carbocycles. The second kappa shape index (κ2) is 4.31. The quantitative estimate of drug-likeness (QED) is 0.785. The largest absolute Gasteiger partial charge is 0.350 e. The van der Waals surface area contributed by atoms with E-state index in [1.54, 1.807) is 0 Å². The lowest BCUT2D eigenvalue weighted by Crippen LogP contribution is -2.47. The summed E-state index contributed by atoms with van der Waals surface area (Å²) in [5.41, 5.74) is 0.